The van der Waals surface area contributed by atoms with Crippen molar-refractivity contribution in [2.75, 3.05) is 0 Å². The number of benzene rings is 3. The molecular formula is C28H15N7. The highest BCUT2D eigenvalue weighted by atomic mass is 15.0. The molecule has 3 aromatic heterocycles. The molecule has 0 bridgehead atoms. The van der Waals surface area contributed by atoms with E-state index in [1.165, 1.54) is 0 Å². The quantitative estimate of drug-likeness (QED) is 0.356. The molecule has 0 aliphatic carbocycles. The molecule has 0 aliphatic heterocycles. The SMILES string of the molecule is N#Cc1ncc(-c2ccc(-n3c4ccccc4c4ccccc43)c(-c3cnc(C#N)nc3)c2)cn1. The van der Waals surface area contributed by atoms with E-state index < -0.39 is 0 Å². The van der Waals surface area contributed by atoms with Gasteiger partial charge in [0.25, 0.3) is 0 Å². The molecule has 0 amide bonds. The first-order valence-corrected chi connectivity index (χ1v) is 10.8. The third kappa shape index (κ3) is 3.36. The molecule has 6 aromatic rings. The molecule has 0 saturated carbocycles. The Morgan fingerprint density at radius 2 is 1.09 bits per heavy atom. The van der Waals surface area contributed by atoms with Gasteiger partial charge in [0.05, 0.1) is 16.7 Å². The summed E-state index contributed by atoms with van der Waals surface area (Å²) in [6, 6.07) is 26.6. The first-order chi connectivity index (χ1) is 17.3. The molecule has 7 heteroatoms. The number of nitriles is 2. The zero-order valence-corrected chi connectivity index (χ0v) is 18.3. The van der Waals surface area contributed by atoms with E-state index in [2.05, 4.69) is 54.8 Å². The Morgan fingerprint density at radius 1 is 0.571 bits per heavy atom. The first-order valence-electron chi connectivity index (χ1n) is 10.8. The van der Waals surface area contributed by atoms with E-state index in [4.69, 9.17) is 10.5 Å². The summed E-state index contributed by atoms with van der Waals surface area (Å²) in [6.45, 7) is 0. The Morgan fingerprint density at radius 3 is 1.63 bits per heavy atom. The van der Waals surface area contributed by atoms with Crippen molar-refractivity contribution in [1.29, 1.82) is 10.5 Å². The number of rotatable bonds is 3. The summed E-state index contributed by atoms with van der Waals surface area (Å²) in [6.07, 6.45) is 6.61. The molecule has 3 aromatic carbocycles. The maximum absolute atomic E-state index is 9.16. The average molecular weight is 449 g/mol. The van der Waals surface area contributed by atoms with Crippen molar-refractivity contribution in [3.05, 3.63) is 103 Å². The molecule has 0 unspecified atom stereocenters. The van der Waals surface area contributed by atoms with Crippen molar-refractivity contribution in [2.24, 2.45) is 0 Å². The van der Waals surface area contributed by atoms with Gasteiger partial charge in [-0.25, -0.2) is 19.9 Å². The summed E-state index contributed by atoms with van der Waals surface area (Å²) in [5.41, 5.74) is 6.46. The number of hydrogen-bond donors (Lipinski definition) is 0. The predicted octanol–water partition coefficient (Wildman–Crippen LogP) is 5.44. The Bertz CT molecular complexity index is 1750. The summed E-state index contributed by atoms with van der Waals surface area (Å²) in [5, 5.41) is 20.5. The van der Waals surface area contributed by atoms with Crippen molar-refractivity contribution in [3.8, 4) is 40.1 Å². The fourth-order valence-electron chi connectivity index (χ4n) is 4.38. The number of nitrogens with zero attached hydrogens (tertiary/aromatic N) is 7. The molecule has 35 heavy (non-hydrogen) atoms. The van der Waals surface area contributed by atoms with Gasteiger partial charge in [-0.2, -0.15) is 10.5 Å². The van der Waals surface area contributed by atoms with Crippen LogP contribution in [0.25, 0.3) is 49.7 Å². The van der Waals surface area contributed by atoms with E-state index in [1.807, 2.05) is 48.5 Å². The average Bonchev–Trinajstić information content (AvgIpc) is 3.27. The standard InChI is InChI=1S/C28H15N7/c29-12-27-31-14-19(15-32-27)18-9-10-26(23(11-18)20-16-33-28(13-30)34-17-20)35-24-7-3-1-5-21(24)22-6-2-4-8-25(22)35/h1-11,14-17H. The summed E-state index contributed by atoms with van der Waals surface area (Å²) >= 11 is 0. The number of para-hydroxylation sites is 2. The zero-order valence-electron chi connectivity index (χ0n) is 18.3. The van der Waals surface area contributed by atoms with Gasteiger partial charge < -0.3 is 4.57 Å². The lowest BCUT2D eigenvalue weighted by Crippen LogP contribution is -1.99. The minimum atomic E-state index is 0.115. The number of aromatic nitrogens is 5. The lowest BCUT2D eigenvalue weighted by molar-refractivity contribution is 1.11. The predicted molar refractivity (Wildman–Crippen MR) is 132 cm³/mol. The summed E-state index contributed by atoms with van der Waals surface area (Å²) < 4.78 is 2.23. The lowest BCUT2D eigenvalue weighted by atomic mass is 10.00. The highest BCUT2D eigenvalue weighted by Crippen LogP contribution is 2.37. The van der Waals surface area contributed by atoms with Gasteiger partial charge in [0.1, 0.15) is 12.1 Å². The van der Waals surface area contributed by atoms with Crippen LogP contribution in [-0.4, -0.2) is 24.5 Å². The van der Waals surface area contributed by atoms with Gasteiger partial charge in [-0.3, -0.25) is 0 Å². The lowest BCUT2D eigenvalue weighted by Gasteiger charge is -2.15. The number of fused-ring (bicyclic) bond motifs is 3. The van der Waals surface area contributed by atoms with Gasteiger partial charge in [0, 0.05) is 52.3 Å². The molecule has 3 heterocycles. The van der Waals surface area contributed by atoms with Crippen LogP contribution < -0.4 is 0 Å². The second-order valence-corrected chi connectivity index (χ2v) is 7.92. The Kier molecular flexibility index (Phi) is 4.73. The molecule has 7 nitrogen and oxygen atoms in total. The van der Waals surface area contributed by atoms with E-state index in [0.717, 1.165) is 49.7 Å². The van der Waals surface area contributed by atoms with Gasteiger partial charge in [0.15, 0.2) is 0 Å². The fraction of sp³-hybridized carbons (Fsp3) is 0. The minimum Gasteiger partial charge on any atom is -0.309 e. The van der Waals surface area contributed by atoms with E-state index in [9.17, 15) is 0 Å². The van der Waals surface area contributed by atoms with Crippen LogP contribution in [0, 0.1) is 22.7 Å². The molecule has 0 saturated heterocycles. The largest absolute Gasteiger partial charge is 0.309 e. The van der Waals surface area contributed by atoms with E-state index in [1.54, 1.807) is 24.8 Å². The fourth-order valence-corrected chi connectivity index (χ4v) is 4.38. The van der Waals surface area contributed by atoms with E-state index >= 15 is 0 Å². The van der Waals surface area contributed by atoms with Crippen molar-refractivity contribution in [3.63, 3.8) is 0 Å². The van der Waals surface area contributed by atoms with Crippen LogP contribution in [0.5, 0.6) is 0 Å². The van der Waals surface area contributed by atoms with Crippen LogP contribution in [0.15, 0.2) is 91.5 Å². The van der Waals surface area contributed by atoms with Gasteiger partial charge in [0.2, 0.25) is 11.6 Å². The van der Waals surface area contributed by atoms with Crippen molar-refractivity contribution >= 4 is 21.8 Å². The molecule has 0 spiro atoms. The maximum Gasteiger partial charge on any atom is 0.232 e. The monoisotopic (exact) mass is 449 g/mol. The van der Waals surface area contributed by atoms with Crippen LogP contribution in [0.1, 0.15) is 11.6 Å². The Labute approximate surface area is 200 Å². The molecule has 0 fully saturated rings. The number of hydrogen-bond acceptors (Lipinski definition) is 6. The summed E-state index contributed by atoms with van der Waals surface area (Å²) in [4.78, 5) is 16.6. The molecule has 0 radical (unpaired) electrons. The normalized spacial score (nSPS) is 10.8. The third-order valence-electron chi connectivity index (χ3n) is 5.97. The smallest absolute Gasteiger partial charge is 0.232 e. The highest BCUT2D eigenvalue weighted by molar-refractivity contribution is 6.09. The Balaban J connectivity index is 1.65. The topological polar surface area (TPSA) is 104 Å². The van der Waals surface area contributed by atoms with E-state index in [0.29, 0.717) is 0 Å². The molecule has 162 valence electrons. The van der Waals surface area contributed by atoms with Gasteiger partial charge in [-0.1, -0.05) is 42.5 Å². The maximum atomic E-state index is 9.16. The van der Waals surface area contributed by atoms with Crippen LogP contribution in [-0.2, 0) is 0 Å². The molecule has 0 atom stereocenters. The summed E-state index contributed by atoms with van der Waals surface area (Å²) in [7, 11) is 0. The first kappa shape index (κ1) is 20.2. The molecular weight excluding hydrogens is 434 g/mol. The summed E-state index contributed by atoms with van der Waals surface area (Å²) in [5.74, 6) is 0.236. The zero-order chi connectivity index (χ0) is 23.8. The Hall–Kier alpha value is -5.40. The van der Waals surface area contributed by atoms with Crippen LogP contribution >= 0.6 is 0 Å². The van der Waals surface area contributed by atoms with Crippen molar-refractivity contribution < 1.29 is 0 Å². The minimum absolute atomic E-state index is 0.115. The second-order valence-electron chi connectivity index (χ2n) is 7.92. The van der Waals surface area contributed by atoms with Gasteiger partial charge in [-0.05, 0) is 29.8 Å². The third-order valence-corrected chi connectivity index (χ3v) is 5.97. The second kappa shape index (κ2) is 8.18. The van der Waals surface area contributed by atoms with Gasteiger partial charge in [-0.15, -0.1) is 0 Å². The highest BCUT2D eigenvalue weighted by Gasteiger charge is 2.17. The van der Waals surface area contributed by atoms with Crippen LogP contribution in [0.3, 0.4) is 0 Å². The van der Waals surface area contributed by atoms with Crippen molar-refractivity contribution in [2.45, 2.75) is 0 Å². The molecule has 6 rings (SSSR count). The molecule has 0 aliphatic rings. The van der Waals surface area contributed by atoms with Crippen LogP contribution in [0.2, 0.25) is 0 Å². The van der Waals surface area contributed by atoms with Crippen LogP contribution in [0.4, 0.5) is 0 Å². The van der Waals surface area contributed by atoms with E-state index in [-0.39, 0.29) is 11.6 Å². The van der Waals surface area contributed by atoms with Crippen molar-refractivity contribution in [1.82, 2.24) is 24.5 Å². The van der Waals surface area contributed by atoms with Gasteiger partial charge >= 0.3 is 0 Å². The molecule has 0 N–H and O–H groups in total.